The number of nitrogens with one attached hydrogen (secondary N) is 1. The molecular weight excluding hydrogens is 302 g/mol. The Kier molecular flexibility index (Phi) is 4.04. The van der Waals surface area contributed by atoms with E-state index in [9.17, 15) is 0 Å². The minimum absolute atomic E-state index is 0.462. The summed E-state index contributed by atoms with van der Waals surface area (Å²) in [5.41, 5.74) is 1.37. The van der Waals surface area contributed by atoms with Gasteiger partial charge in [-0.3, -0.25) is 0 Å². The molecule has 1 N–H and O–H groups in total. The molecule has 1 heterocycles. The quantitative estimate of drug-likeness (QED) is 0.866. The molecule has 1 unspecified atom stereocenters. The van der Waals surface area contributed by atoms with Gasteiger partial charge in [-0.1, -0.05) is 30.3 Å². The van der Waals surface area contributed by atoms with Crippen molar-refractivity contribution in [2.24, 2.45) is 0 Å². The second kappa shape index (κ2) is 5.93. The van der Waals surface area contributed by atoms with Crippen molar-refractivity contribution >= 4 is 15.9 Å². The lowest BCUT2D eigenvalue weighted by atomic mass is 9.94. The van der Waals surface area contributed by atoms with Gasteiger partial charge >= 0.3 is 0 Å². The van der Waals surface area contributed by atoms with Crippen molar-refractivity contribution in [1.29, 1.82) is 0 Å². The molecule has 3 heteroatoms. The van der Waals surface area contributed by atoms with Crippen LogP contribution in [-0.4, -0.2) is 12.6 Å². The van der Waals surface area contributed by atoms with Crippen molar-refractivity contribution in [3.05, 3.63) is 58.5 Å². The van der Waals surface area contributed by atoms with Gasteiger partial charge in [0.1, 0.15) is 5.76 Å². The van der Waals surface area contributed by atoms with Gasteiger partial charge in [0.15, 0.2) is 0 Å². The van der Waals surface area contributed by atoms with Crippen LogP contribution in [0.5, 0.6) is 0 Å². The van der Waals surface area contributed by atoms with E-state index in [-0.39, 0.29) is 0 Å². The van der Waals surface area contributed by atoms with Gasteiger partial charge in [-0.05, 0) is 40.4 Å². The maximum absolute atomic E-state index is 5.56. The predicted molar refractivity (Wildman–Crippen MR) is 80.3 cm³/mol. The van der Waals surface area contributed by atoms with Crippen LogP contribution in [0.4, 0.5) is 0 Å². The summed E-state index contributed by atoms with van der Waals surface area (Å²) in [5, 5.41) is 3.63. The Labute approximate surface area is 122 Å². The van der Waals surface area contributed by atoms with Crippen molar-refractivity contribution in [3.63, 3.8) is 0 Å². The zero-order valence-electron chi connectivity index (χ0n) is 10.8. The van der Waals surface area contributed by atoms with E-state index in [0.29, 0.717) is 5.92 Å². The average Bonchev–Trinajstić information content (AvgIpc) is 3.19. The highest BCUT2D eigenvalue weighted by molar-refractivity contribution is 9.10. The summed E-state index contributed by atoms with van der Waals surface area (Å²) >= 11 is 3.55. The van der Waals surface area contributed by atoms with Gasteiger partial charge in [0.25, 0.3) is 0 Å². The van der Waals surface area contributed by atoms with Gasteiger partial charge in [0.2, 0.25) is 0 Å². The van der Waals surface area contributed by atoms with Gasteiger partial charge in [-0.2, -0.15) is 0 Å². The number of hydrogen-bond acceptors (Lipinski definition) is 2. The topological polar surface area (TPSA) is 25.2 Å². The van der Waals surface area contributed by atoms with Crippen LogP contribution in [0, 0.1) is 0 Å². The summed E-state index contributed by atoms with van der Waals surface area (Å²) in [6, 6.07) is 13.4. The maximum atomic E-state index is 5.56. The van der Waals surface area contributed by atoms with Gasteiger partial charge in [-0.15, -0.1) is 0 Å². The van der Waals surface area contributed by atoms with Crippen molar-refractivity contribution in [2.45, 2.75) is 31.2 Å². The van der Waals surface area contributed by atoms with Gasteiger partial charge in [-0.25, -0.2) is 0 Å². The molecule has 1 fully saturated rings. The zero-order valence-corrected chi connectivity index (χ0v) is 12.4. The van der Waals surface area contributed by atoms with Crippen LogP contribution >= 0.6 is 15.9 Å². The van der Waals surface area contributed by atoms with Gasteiger partial charge < -0.3 is 9.73 Å². The highest BCUT2D eigenvalue weighted by atomic mass is 79.9. The van der Waals surface area contributed by atoms with Gasteiger partial charge in [0.05, 0.1) is 10.7 Å². The number of furan rings is 1. The van der Waals surface area contributed by atoms with E-state index in [1.165, 1.54) is 18.4 Å². The summed E-state index contributed by atoms with van der Waals surface area (Å²) < 4.78 is 6.63. The fraction of sp³-hybridized carbons (Fsp3) is 0.375. The third-order valence-corrected chi connectivity index (χ3v) is 4.33. The number of benzene rings is 1. The molecule has 3 rings (SSSR count). The van der Waals surface area contributed by atoms with Crippen LogP contribution in [0.15, 0.2) is 51.6 Å². The van der Waals surface area contributed by atoms with Crippen LogP contribution in [-0.2, 0) is 6.42 Å². The first-order valence-electron chi connectivity index (χ1n) is 6.83. The minimum Gasteiger partial charge on any atom is -0.468 e. The highest BCUT2D eigenvalue weighted by Crippen LogP contribution is 2.27. The second-order valence-electron chi connectivity index (χ2n) is 5.19. The molecule has 1 aliphatic carbocycles. The maximum Gasteiger partial charge on any atom is 0.118 e. The summed E-state index contributed by atoms with van der Waals surface area (Å²) in [7, 11) is 0. The Hall–Kier alpha value is -1.06. The lowest BCUT2D eigenvalue weighted by molar-refractivity contribution is 0.470. The third kappa shape index (κ3) is 3.48. The normalized spacial score (nSPS) is 16.5. The number of hydrogen-bond donors (Lipinski definition) is 1. The smallest absolute Gasteiger partial charge is 0.118 e. The molecule has 2 aromatic rings. The summed E-state index contributed by atoms with van der Waals surface area (Å²) in [5.74, 6) is 1.50. The van der Waals surface area contributed by atoms with Crippen LogP contribution in [0.1, 0.15) is 30.1 Å². The lowest BCUT2D eigenvalue weighted by Crippen LogP contribution is -2.24. The Morgan fingerprint density at radius 3 is 2.63 bits per heavy atom. The molecule has 0 aliphatic heterocycles. The van der Waals surface area contributed by atoms with E-state index in [4.69, 9.17) is 4.42 Å². The van der Waals surface area contributed by atoms with E-state index in [2.05, 4.69) is 51.6 Å². The summed E-state index contributed by atoms with van der Waals surface area (Å²) in [6.45, 7) is 1.02. The van der Waals surface area contributed by atoms with E-state index in [0.717, 1.165) is 29.2 Å². The molecule has 0 bridgehead atoms. The number of halogens is 1. The Morgan fingerprint density at radius 2 is 2.00 bits per heavy atom. The minimum atomic E-state index is 0.462. The van der Waals surface area contributed by atoms with Crippen molar-refractivity contribution in [2.75, 3.05) is 6.54 Å². The SMILES string of the molecule is Brc1ccoc1CC(CNC1CC1)c1ccccc1. The lowest BCUT2D eigenvalue weighted by Gasteiger charge is -2.17. The predicted octanol–water partition coefficient (Wildman–Crippen LogP) is 4.12. The molecule has 0 radical (unpaired) electrons. The molecule has 1 aromatic heterocycles. The first kappa shape index (κ1) is 12.9. The van der Waals surface area contributed by atoms with Crippen LogP contribution in [0.25, 0.3) is 0 Å². The van der Waals surface area contributed by atoms with E-state index in [1.54, 1.807) is 6.26 Å². The molecule has 1 saturated carbocycles. The van der Waals surface area contributed by atoms with E-state index in [1.807, 2.05) is 6.07 Å². The van der Waals surface area contributed by atoms with Crippen LogP contribution < -0.4 is 5.32 Å². The highest BCUT2D eigenvalue weighted by Gasteiger charge is 2.23. The van der Waals surface area contributed by atoms with Crippen molar-refractivity contribution in [1.82, 2.24) is 5.32 Å². The standard InChI is InChI=1S/C16H18BrNO/c17-15-8-9-19-16(15)10-13(11-18-14-6-7-14)12-4-2-1-3-5-12/h1-5,8-9,13-14,18H,6-7,10-11H2. The molecule has 100 valence electrons. The fourth-order valence-electron chi connectivity index (χ4n) is 2.32. The molecule has 1 aliphatic rings. The Bertz CT molecular complexity index is 519. The second-order valence-corrected chi connectivity index (χ2v) is 6.04. The zero-order chi connectivity index (χ0) is 13.1. The molecule has 1 atom stereocenters. The first-order chi connectivity index (χ1) is 9.33. The molecule has 0 saturated heterocycles. The van der Waals surface area contributed by atoms with E-state index >= 15 is 0 Å². The molecule has 0 amide bonds. The molecular formula is C16H18BrNO. The average molecular weight is 320 g/mol. The van der Waals surface area contributed by atoms with Crippen molar-refractivity contribution in [3.8, 4) is 0 Å². The fourth-order valence-corrected chi connectivity index (χ4v) is 2.69. The first-order valence-corrected chi connectivity index (χ1v) is 7.62. The third-order valence-electron chi connectivity index (χ3n) is 3.62. The molecule has 19 heavy (non-hydrogen) atoms. The largest absolute Gasteiger partial charge is 0.468 e. The molecule has 2 nitrogen and oxygen atoms in total. The van der Waals surface area contributed by atoms with Gasteiger partial charge in [0, 0.05) is 24.9 Å². The van der Waals surface area contributed by atoms with Crippen LogP contribution in [0.2, 0.25) is 0 Å². The Balaban J connectivity index is 1.73. The Morgan fingerprint density at radius 1 is 1.21 bits per heavy atom. The molecule has 0 spiro atoms. The van der Waals surface area contributed by atoms with Crippen LogP contribution in [0.3, 0.4) is 0 Å². The van der Waals surface area contributed by atoms with Crippen molar-refractivity contribution < 1.29 is 4.42 Å². The number of rotatable bonds is 6. The summed E-state index contributed by atoms with van der Waals surface area (Å²) in [6.07, 6.45) is 5.32. The summed E-state index contributed by atoms with van der Waals surface area (Å²) in [4.78, 5) is 0. The molecule has 1 aromatic carbocycles. The monoisotopic (exact) mass is 319 g/mol. The van der Waals surface area contributed by atoms with E-state index < -0.39 is 0 Å².